The van der Waals surface area contributed by atoms with Crippen LogP contribution in [0.3, 0.4) is 0 Å². The number of H-pyrrole nitrogens is 1. The SMILES string of the molecule is CCOC(=O)c1c(C)[nH]c(/C=N/NC(=O)CN2C(=O)COc3ccccc32)c1C. The monoisotopic (exact) mass is 398 g/mol. The van der Waals surface area contributed by atoms with Gasteiger partial charge in [0.05, 0.1) is 29.8 Å². The highest BCUT2D eigenvalue weighted by Crippen LogP contribution is 2.31. The minimum atomic E-state index is -0.460. The average molecular weight is 398 g/mol. The van der Waals surface area contributed by atoms with Crippen molar-refractivity contribution in [2.75, 3.05) is 24.7 Å². The topological polar surface area (TPSA) is 113 Å². The predicted molar refractivity (Wildman–Crippen MR) is 106 cm³/mol. The maximum atomic E-state index is 12.3. The summed E-state index contributed by atoms with van der Waals surface area (Å²) in [5, 5.41) is 3.93. The Hall–Kier alpha value is -3.62. The molecule has 2 N–H and O–H groups in total. The normalized spacial score (nSPS) is 13.2. The molecule has 1 aliphatic heterocycles. The highest BCUT2D eigenvalue weighted by Gasteiger charge is 2.26. The van der Waals surface area contributed by atoms with Crippen LogP contribution in [-0.4, -0.2) is 48.7 Å². The number of hydrogen-bond acceptors (Lipinski definition) is 6. The second-order valence-electron chi connectivity index (χ2n) is 6.41. The van der Waals surface area contributed by atoms with Gasteiger partial charge in [0.1, 0.15) is 12.3 Å². The molecule has 1 aromatic heterocycles. The van der Waals surface area contributed by atoms with Crippen molar-refractivity contribution in [3.05, 3.63) is 46.8 Å². The van der Waals surface area contributed by atoms with Crippen molar-refractivity contribution < 1.29 is 23.9 Å². The van der Waals surface area contributed by atoms with Gasteiger partial charge in [0.2, 0.25) is 0 Å². The van der Waals surface area contributed by atoms with Crippen LogP contribution in [0.15, 0.2) is 29.4 Å². The quantitative estimate of drug-likeness (QED) is 0.437. The number of para-hydroxylation sites is 2. The van der Waals surface area contributed by atoms with Crippen LogP contribution in [0, 0.1) is 13.8 Å². The number of aromatic nitrogens is 1. The lowest BCUT2D eigenvalue weighted by molar-refractivity contribution is -0.125. The van der Waals surface area contributed by atoms with Gasteiger partial charge in [-0.3, -0.25) is 14.5 Å². The van der Waals surface area contributed by atoms with Gasteiger partial charge in [-0.1, -0.05) is 12.1 Å². The van der Waals surface area contributed by atoms with Gasteiger partial charge in [-0.2, -0.15) is 5.10 Å². The molecule has 0 bridgehead atoms. The van der Waals surface area contributed by atoms with Gasteiger partial charge in [0, 0.05) is 5.69 Å². The first-order chi connectivity index (χ1) is 13.9. The fourth-order valence-corrected chi connectivity index (χ4v) is 3.09. The summed E-state index contributed by atoms with van der Waals surface area (Å²) >= 11 is 0. The van der Waals surface area contributed by atoms with Gasteiger partial charge < -0.3 is 14.5 Å². The molecular formula is C20H22N4O5. The number of carbonyl (C=O) groups is 3. The zero-order valence-corrected chi connectivity index (χ0v) is 16.4. The molecule has 0 atom stereocenters. The van der Waals surface area contributed by atoms with E-state index in [0.717, 1.165) is 0 Å². The lowest BCUT2D eigenvalue weighted by Gasteiger charge is -2.28. The van der Waals surface area contributed by atoms with E-state index in [1.807, 2.05) is 0 Å². The van der Waals surface area contributed by atoms with Gasteiger partial charge in [-0.05, 0) is 38.5 Å². The van der Waals surface area contributed by atoms with Crippen LogP contribution in [0.4, 0.5) is 5.69 Å². The van der Waals surface area contributed by atoms with Gasteiger partial charge in [0.25, 0.3) is 11.8 Å². The van der Waals surface area contributed by atoms with Crippen LogP contribution < -0.4 is 15.1 Å². The average Bonchev–Trinajstić information content (AvgIpc) is 2.97. The number of aromatic amines is 1. The molecule has 0 radical (unpaired) electrons. The number of hydrazone groups is 1. The number of anilines is 1. The van der Waals surface area contributed by atoms with Gasteiger partial charge in [-0.25, -0.2) is 10.2 Å². The molecular weight excluding hydrogens is 376 g/mol. The molecule has 1 aliphatic rings. The second kappa shape index (κ2) is 8.59. The molecule has 9 heteroatoms. The number of fused-ring (bicyclic) bond motifs is 1. The van der Waals surface area contributed by atoms with Crippen LogP contribution in [0.1, 0.15) is 34.2 Å². The third kappa shape index (κ3) is 4.29. The van der Waals surface area contributed by atoms with Crippen LogP contribution in [-0.2, 0) is 14.3 Å². The number of amides is 2. The molecule has 0 unspecified atom stereocenters. The molecule has 0 aliphatic carbocycles. The van der Waals surface area contributed by atoms with E-state index in [1.165, 1.54) is 11.1 Å². The van der Waals surface area contributed by atoms with Crippen LogP contribution in [0.2, 0.25) is 0 Å². The molecule has 3 rings (SSSR count). The number of rotatable bonds is 6. The fraction of sp³-hybridized carbons (Fsp3) is 0.300. The van der Waals surface area contributed by atoms with Crippen molar-refractivity contribution in [3.63, 3.8) is 0 Å². The molecule has 2 amide bonds. The first-order valence-electron chi connectivity index (χ1n) is 9.12. The summed E-state index contributed by atoms with van der Waals surface area (Å²) in [6.45, 7) is 5.24. The first-order valence-corrected chi connectivity index (χ1v) is 9.12. The Bertz CT molecular complexity index is 979. The summed E-state index contributed by atoms with van der Waals surface area (Å²) in [5.74, 6) is -0.630. The number of benzene rings is 1. The zero-order chi connectivity index (χ0) is 21.0. The Kier molecular flexibility index (Phi) is 5.96. The summed E-state index contributed by atoms with van der Waals surface area (Å²) in [7, 11) is 0. The van der Waals surface area contributed by atoms with E-state index in [0.29, 0.717) is 34.0 Å². The number of hydrogen-bond donors (Lipinski definition) is 2. The van der Waals surface area contributed by atoms with Crippen molar-refractivity contribution >= 4 is 29.7 Å². The Morgan fingerprint density at radius 2 is 2.10 bits per heavy atom. The van der Waals surface area contributed by atoms with E-state index in [9.17, 15) is 14.4 Å². The van der Waals surface area contributed by atoms with Crippen LogP contribution in [0.5, 0.6) is 5.75 Å². The van der Waals surface area contributed by atoms with E-state index in [4.69, 9.17) is 9.47 Å². The number of esters is 1. The molecule has 29 heavy (non-hydrogen) atoms. The zero-order valence-electron chi connectivity index (χ0n) is 16.4. The lowest BCUT2D eigenvalue weighted by Crippen LogP contribution is -2.44. The Labute approximate surface area is 167 Å². The van der Waals surface area contributed by atoms with Gasteiger partial charge in [-0.15, -0.1) is 0 Å². The summed E-state index contributed by atoms with van der Waals surface area (Å²) in [6, 6.07) is 7.01. The molecule has 2 heterocycles. The second-order valence-corrected chi connectivity index (χ2v) is 6.41. The summed E-state index contributed by atoms with van der Waals surface area (Å²) in [5.41, 5.74) is 5.31. The van der Waals surface area contributed by atoms with Gasteiger partial charge >= 0.3 is 5.97 Å². The summed E-state index contributed by atoms with van der Waals surface area (Å²) in [6.07, 6.45) is 1.41. The molecule has 152 valence electrons. The lowest BCUT2D eigenvalue weighted by atomic mass is 10.1. The molecule has 9 nitrogen and oxygen atoms in total. The maximum Gasteiger partial charge on any atom is 0.340 e. The number of nitrogens with zero attached hydrogens (tertiary/aromatic N) is 2. The molecule has 0 saturated heterocycles. The summed E-state index contributed by atoms with van der Waals surface area (Å²) in [4.78, 5) is 40.8. The van der Waals surface area contributed by atoms with Crippen LogP contribution >= 0.6 is 0 Å². The molecule has 1 aromatic carbocycles. The third-order valence-corrected chi connectivity index (χ3v) is 4.45. The Balaban J connectivity index is 1.66. The van der Waals surface area contributed by atoms with Crippen molar-refractivity contribution in [2.45, 2.75) is 20.8 Å². The van der Waals surface area contributed by atoms with E-state index in [2.05, 4.69) is 15.5 Å². The van der Waals surface area contributed by atoms with Crippen molar-refractivity contribution in [1.82, 2.24) is 10.4 Å². The highest BCUT2D eigenvalue weighted by atomic mass is 16.5. The molecule has 0 spiro atoms. The third-order valence-electron chi connectivity index (χ3n) is 4.45. The van der Waals surface area contributed by atoms with Gasteiger partial charge in [0.15, 0.2) is 6.61 Å². The largest absolute Gasteiger partial charge is 0.482 e. The number of carbonyl (C=O) groups excluding carboxylic acids is 3. The number of ether oxygens (including phenoxy) is 2. The standard InChI is InChI=1S/C20H22N4O5/c1-4-28-20(27)19-12(2)14(22-13(19)3)9-21-23-17(25)10-24-15-7-5-6-8-16(15)29-11-18(24)26/h5-9,22H,4,10-11H2,1-3H3,(H,23,25)/b21-9+. The molecule has 2 aromatic rings. The van der Waals surface area contributed by atoms with Crippen molar-refractivity contribution in [1.29, 1.82) is 0 Å². The van der Waals surface area contributed by atoms with E-state index < -0.39 is 11.9 Å². The Morgan fingerprint density at radius 1 is 1.34 bits per heavy atom. The maximum absolute atomic E-state index is 12.3. The van der Waals surface area contributed by atoms with E-state index in [1.54, 1.807) is 45.0 Å². The minimum Gasteiger partial charge on any atom is -0.482 e. The van der Waals surface area contributed by atoms with E-state index in [-0.39, 0.29) is 25.7 Å². The highest BCUT2D eigenvalue weighted by molar-refractivity contribution is 6.02. The summed E-state index contributed by atoms with van der Waals surface area (Å²) < 4.78 is 10.4. The van der Waals surface area contributed by atoms with Crippen molar-refractivity contribution in [3.8, 4) is 5.75 Å². The van der Waals surface area contributed by atoms with E-state index >= 15 is 0 Å². The molecule has 0 saturated carbocycles. The first kappa shape index (κ1) is 20.1. The fourth-order valence-electron chi connectivity index (χ4n) is 3.09. The van der Waals surface area contributed by atoms with Crippen LogP contribution in [0.25, 0.3) is 0 Å². The number of nitrogens with one attached hydrogen (secondary N) is 2. The molecule has 0 fully saturated rings. The smallest absolute Gasteiger partial charge is 0.340 e. The van der Waals surface area contributed by atoms with Crippen molar-refractivity contribution in [2.24, 2.45) is 5.10 Å². The predicted octanol–water partition coefficient (Wildman–Crippen LogP) is 1.68. The Morgan fingerprint density at radius 3 is 2.86 bits per heavy atom. The number of aryl methyl sites for hydroxylation is 1. The minimum absolute atomic E-state index is 0.120.